The third kappa shape index (κ3) is 5.75. The maximum absolute atomic E-state index is 12.7. The second kappa shape index (κ2) is 7.29. The molecule has 0 N–H and O–H groups in total. The molecule has 10 heteroatoms. The van der Waals surface area contributed by atoms with Gasteiger partial charge in [0.05, 0.1) is 0 Å². The molecule has 0 amide bonds. The van der Waals surface area contributed by atoms with Crippen molar-refractivity contribution in [3.8, 4) is 18.1 Å². The molecular formula is C10H8BF4KO3S. The van der Waals surface area contributed by atoms with Crippen LogP contribution in [0.1, 0.15) is 11.1 Å². The standard InChI is InChI=1S/C10H8BF4O3S.K/c1-3-4-8-5-9(11(12,13)14)6-10(7(8)2)18-19(15,16)17;/h1,5-6H,4H2,2H3;/q-1;+1. The minimum atomic E-state index is -5.41. The molecule has 0 aromatic heterocycles. The van der Waals surface area contributed by atoms with E-state index in [1.807, 2.05) is 0 Å². The maximum atomic E-state index is 12.7. The van der Waals surface area contributed by atoms with Crippen LogP contribution in [-0.2, 0) is 16.9 Å². The minimum Gasteiger partial charge on any atom is -0.445 e. The van der Waals surface area contributed by atoms with E-state index in [2.05, 4.69) is 10.1 Å². The first-order chi connectivity index (χ1) is 8.54. The average Bonchev–Trinajstić information content (AvgIpc) is 2.20. The van der Waals surface area contributed by atoms with Gasteiger partial charge in [-0.1, -0.05) is 9.95 Å². The molecule has 3 nitrogen and oxygen atoms in total. The molecule has 0 aliphatic carbocycles. The molecule has 0 heterocycles. The normalized spacial score (nSPS) is 11.4. The smallest absolute Gasteiger partial charge is 0.445 e. The minimum absolute atomic E-state index is 0. The van der Waals surface area contributed by atoms with Crippen LogP contribution in [0.5, 0.6) is 5.75 Å². The molecular weight excluding hydrogens is 326 g/mol. The summed E-state index contributed by atoms with van der Waals surface area (Å²) in [6, 6.07) is 1.24. The fourth-order valence-corrected chi connectivity index (χ4v) is 1.83. The summed E-state index contributed by atoms with van der Waals surface area (Å²) in [6.45, 7) is -4.09. The Balaban J connectivity index is 0.00000361. The van der Waals surface area contributed by atoms with Gasteiger partial charge in [0, 0.05) is 6.42 Å². The third-order valence-corrected chi connectivity index (χ3v) is 2.73. The van der Waals surface area contributed by atoms with Crippen molar-refractivity contribution < 1.29 is 80.8 Å². The molecule has 0 atom stereocenters. The van der Waals surface area contributed by atoms with Gasteiger partial charge in [0.25, 0.3) is 0 Å². The van der Waals surface area contributed by atoms with E-state index in [4.69, 9.17) is 6.42 Å². The van der Waals surface area contributed by atoms with E-state index >= 15 is 0 Å². The van der Waals surface area contributed by atoms with E-state index < -0.39 is 28.7 Å². The van der Waals surface area contributed by atoms with E-state index in [1.54, 1.807) is 0 Å². The monoisotopic (exact) mass is 334 g/mol. The van der Waals surface area contributed by atoms with Crippen molar-refractivity contribution in [3.63, 3.8) is 0 Å². The van der Waals surface area contributed by atoms with Gasteiger partial charge >= 0.3 is 68.9 Å². The van der Waals surface area contributed by atoms with Gasteiger partial charge in [0.2, 0.25) is 0 Å². The van der Waals surface area contributed by atoms with Crippen LogP contribution in [0, 0.1) is 19.3 Å². The molecule has 0 fully saturated rings. The van der Waals surface area contributed by atoms with Crippen molar-refractivity contribution >= 4 is 22.9 Å². The van der Waals surface area contributed by atoms with E-state index in [9.17, 15) is 25.3 Å². The summed E-state index contributed by atoms with van der Waals surface area (Å²) in [5.74, 6) is 1.42. The Morgan fingerprint density at radius 2 is 1.90 bits per heavy atom. The van der Waals surface area contributed by atoms with Crippen LogP contribution in [-0.4, -0.2) is 15.4 Å². The molecule has 0 saturated heterocycles. The Morgan fingerprint density at radius 3 is 2.30 bits per heavy atom. The average molecular weight is 334 g/mol. The van der Waals surface area contributed by atoms with Crippen LogP contribution in [0.3, 0.4) is 0 Å². The van der Waals surface area contributed by atoms with Crippen molar-refractivity contribution in [1.82, 2.24) is 0 Å². The van der Waals surface area contributed by atoms with E-state index in [0.717, 1.165) is 6.07 Å². The Morgan fingerprint density at radius 1 is 1.35 bits per heavy atom. The Kier molecular flexibility index (Phi) is 7.27. The van der Waals surface area contributed by atoms with Gasteiger partial charge < -0.3 is 17.1 Å². The number of hydrogen-bond acceptors (Lipinski definition) is 3. The van der Waals surface area contributed by atoms with Crippen molar-refractivity contribution in [1.29, 1.82) is 0 Å². The number of halogens is 4. The second-order valence-corrected chi connectivity index (χ2v) is 4.69. The van der Waals surface area contributed by atoms with Crippen molar-refractivity contribution in [2.45, 2.75) is 13.3 Å². The zero-order valence-corrected chi connectivity index (χ0v) is 14.6. The Bertz CT molecular complexity index is 637. The topological polar surface area (TPSA) is 43.4 Å². The van der Waals surface area contributed by atoms with Crippen molar-refractivity contribution in [2.75, 3.05) is 0 Å². The summed E-state index contributed by atoms with van der Waals surface area (Å²) < 4.78 is 75.1. The first-order valence-electron chi connectivity index (χ1n) is 4.95. The van der Waals surface area contributed by atoms with Gasteiger partial charge in [-0.15, -0.1) is 17.8 Å². The SMILES string of the molecule is C#CCc1cc([B-](F)(F)F)cc(OS(=O)(=O)F)c1C.[K+]. The van der Waals surface area contributed by atoms with Crippen LogP contribution < -0.4 is 61.0 Å². The van der Waals surface area contributed by atoms with Gasteiger partial charge in [-0.25, -0.2) is 0 Å². The molecule has 1 rings (SSSR count). The third-order valence-electron chi connectivity index (χ3n) is 2.35. The van der Waals surface area contributed by atoms with E-state index in [-0.39, 0.29) is 68.9 Å². The fraction of sp³-hybridized carbons (Fsp3) is 0.200. The van der Waals surface area contributed by atoms with Crippen LogP contribution in [0.15, 0.2) is 12.1 Å². The fourth-order valence-electron chi connectivity index (χ4n) is 1.45. The van der Waals surface area contributed by atoms with Gasteiger partial charge in [-0.3, -0.25) is 0 Å². The maximum Gasteiger partial charge on any atom is 1.00 e. The molecule has 1 aromatic carbocycles. The summed E-state index contributed by atoms with van der Waals surface area (Å²) >= 11 is 0. The zero-order chi connectivity index (χ0) is 14.8. The molecule has 0 spiro atoms. The molecule has 0 aliphatic heterocycles. The van der Waals surface area contributed by atoms with Crippen LogP contribution in [0.4, 0.5) is 16.8 Å². The molecule has 0 unspecified atom stereocenters. The number of terminal acetylenes is 1. The first kappa shape index (κ1) is 20.0. The predicted molar refractivity (Wildman–Crippen MR) is 63.1 cm³/mol. The van der Waals surface area contributed by atoms with E-state index in [1.165, 1.54) is 6.92 Å². The molecule has 0 bridgehead atoms. The van der Waals surface area contributed by atoms with Crippen molar-refractivity contribution in [2.24, 2.45) is 0 Å². The van der Waals surface area contributed by atoms with Gasteiger partial charge in [-0.2, -0.15) is 8.42 Å². The van der Waals surface area contributed by atoms with Crippen molar-refractivity contribution in [3.05, 3.63) is 23.3 Å². The molecule has 1 aromatic rings. The second-order valence-electron chi connectivity index (χ2n) is 3.74. The Hall–Kier alpha value is -0.0487. The zero-order valence-electron chi connectivity index (χ0n) is 10.7. The number of rotatable bonds is 4. The van der Waals surface area contributed by atoms with Crippen LogP contribution >= 0.6 is 0 Å². The predicted octanol–water partition coefficient (Wildman–Crippen LogP) is -1.18. The first-order valence-corrected chi connectivity index (χ1v) is 6.26. The summed E-state index contributed by atoms with van der Waals surface area (Å²) in [5.41, 5.74) is -1.00. The van der Waals surface area contributed by atoms with Gasteiger partial charge in [0.15, 0.2) is 0 Å². The van der Waals surface area contributed by atoms with Gasteiger partial charge in [0.1, 0.15) is 5.75 Å². The summed E-state index contributed by atoms with van der Waals surface area (Å²) in [5, 5.41) is 0. The molecule has 104 valence electrons. The summed E-state index contributed by atoms with van der Waals surface area (Å²) in [6.07, 6.45) is 4.85. The number of hydrogen-bond donors (Lipinski definition) is 0. The van der Waals surface area contributed by atoms with Gasteiger partial charge in [-0.05, 0) is 24.1 Å². The quantitative estimate of drug-likeness (QED) is 0.301. The molecule has 0 radical (unpaired) electrons. The van der Waals surface area contributed by atoms with Crippen LogP contribution in [0.2, 0.25) is 0 Å². The molecule has 20 heavy (non-hydrogen) atoms. The largest absolute Gasteiger partial charge is 1.00 e. The van der Waals surface area contributed by atoms with Crippen LogP contribution in [0.25, 0.3) is 0 Å². The summed E-state index contributed by atoms with van der Waals surface area (Å²) in [7, 11) is -5.41. The number of benzene rings is 1. The summed E-state index contributed by atoms with van der Waals surface area (Å²) in [4.78, 5) is 0. The molecule has 0 saturated carbocycles. The Labute approximate surface area is 157 Å². The van der Waals surface area contributed by atoms with E-state index in [0.29, 0.717) is 6.07 Å². The molecule has 0 aliphatic rings.